The number of aromatic amines is 1. The fourth-order valence-electron chi connectivity index (χ4n) is 5.63. The number of hydrogen-bond donors (Lipinski definition) is 2. The van der Waals surface area contributed by atoms with Crippen molar-refractivity contribution in [1.82, 2.24) is 25.2 Å². The molecule has 0 aliphatic carbocycles. The number of morpholine rings is 1. The predicted octanol–water partition coefficient (Wildman–Crippen LogP) is 3.85. The Morgan fingerprint density at radius 3 is 2.39 bits per heavy atom. The van der Waals surface area contributed by atoms with Crippen LogP contribution in [0.2, 0.25) is 0 Å². The van der Waals surface area contributed by atoms with Crippen LogP contribution in [-0.4, -0.2) is 77.7 Å². The molecule has 38 heavy (non-hydrogen) atoms. The minimum absolute atomic E-state index is 0.139. The molecule has 2 aliphatic heterocycles. The molecule has 1 atom stereocenters. The molecule has 1 amide bonds. The van der Waals surface area contributed by atoms with E-state index in [1.807, 2.05) is 24.9 Å². The maximum Gasteiger partial charge on any atom is 0.242 e. The molecule has 2 N–H and O–H groups in total. The Kier molecular flexibility index (Phi) is 6.59. The summed E-state index contributed by atoms with van der Waals surface area (Å²) in [6, 6.07) is 14.8. The lowest BCUT2D eigenvalue weighted by Gasteiger charge is -2.37. The normalized spacial score (nSPS) is 18.2. The van der Waals surface area contributed by atoms with Gasteiger partial charge in [-0.05, 0) is 62.2 Å². The molecule has 0 spiro atoms. The molecule has 0 saturated carbocycles. The maximum atomic E-state index is 12.8. The first-order chi connectivity index (χ1) is 18.5. The number of H-pyrrole nitrogens is 1. The van der Waals surface area contributed by atoms with Gasteiger partial charge >= 0.3 is 0 Å². The summed E-state index contributed by atoms with van der Waals surface area (Å²) >= 11 is 0. The number of hydrogen-bond acceptors (Lipinski definition) is 6. The Morgan fingerprint density at radius 2 is 1.71 bits per heavy atom. The van der Waals surface area contributed by atoms with Crippen molar-refractivity contribution < 1.29 is 9.53 Å². The zero-order chi connectivity index (χ0) is 26.2. The van der Waals surface area contributed by atoms with Gasteiger partial charge < -0.3 is 24.8 Å². The molecule has 0 radical (unpaired) electrons. The topological polar surface area (TPSA) is 86.4 Å². The molecular formula is C30H34N6O2. The Labute approximate surface area is 223 Å². The van der Waals surface area contributed by atoms with Crippen LogP contribution in [0.4, 0.5) is 5.82 Å². The number of anilines is 1. The number of nitrogens with zero attached hydrogens (tertiary/aromatic N) is 4. The van der Waals surface area contributed by atoms with Crippen molar-refractivity contribution in [2.45, 2.75) is 26.8 Å². The second kappa shape index (κ2) is 10.2. The minimum Gasteiger partial charge on any atom is -0.378 e. The van der Waals surface area contributed by atoms with E-state index in [1.54, 1.807) is 0 Å². The van der Waals surface area contributed by atoms with E-state index in [9.17, 15) is 4.79 Å². The highest BCUT2D eigenvalue weighted by Crippen LogP contribution is 2.33. The molecule has 2 saturated heterocycles. The maximum absolute atomic E-state index is 12.8. The largest absolute Gasteiger partial charge is 0.378 e. The van der Waals surface area contributed by atoms with E-state index in [0.717, 1.165) is 59.2 Å². The first kappa shape index (κ1) is 24.6. The summed E-state index contributed by atoms with van der Waals surface area (Å²) in [7, 11) is 0. The monoisotopic (exact) mass is 510 g/mol. The van der Waals surface area contributed by atoms with E-state index < -0.39 is 0 Å². The van der Waals surface area contributed by atoms with E-state index in [2.05, 4.69) is 69.6 Å². The standard InChI is InChI=1S/C30H34N6O2/c1-19-14-24(15-20(2)33-19)29-21(3)25-6-4-22(16-26(25)34-29)23-5-7-28(32-17-23)35-9-11-36(12-10-35)30(37)27-18-38-13-8-31-27/h4-7,14-17,27,31,34H,8-13,18H2,1-3H3/t27-/m1/s1. The zero-order valence-corrected chi connectivity index (χ0v) is 22.3. The van der Waals surface area contributed by atoms with Gasteiger partial charge in [0.25, 0.3) is 0 Å². The molecule has 6 rings (SSSR count). The van der Waals surface area contributed by atoms with Crippen LogP contribution < -0.4 is 10.2 Å². The van der Waals surface area contributed by atoms with Crippen LogP contribution in [0.1, 0.15) is 17.0 Å². The number of aromatic nitrogens is 3. The third kappa shape index (κ3) is 4.77. The first-order valence-electron chi connectivity index (χ1n) is 13.4. The average Bonchev–Trinajstić information content (AvgIpc) is 3.28. The number of piperazine rings is 1. The van der Waals surface area contributed by atoms with Crippen molar-refractivity contribution in [3.05, 3.63) is 65.6 Å². The molecule has 0 bridgehead atoms. The molecule has 3 aromatic heterocycles. The predicted molar refractivity (Wildman–Crippen MR) is 150 cm³/mol. The molecule has 2 fully saturated rings. The third-order valence-corrected chi connectivity index (χ3v) is 7.64. The summed E-state index contributed by atoms with van der Waals surface area (Å²) in [5.74, 6) is 1.09. The molecule has 4 aromatic rings. The Balaban J connectivity index is 1.16. The van der Waals surface area contributed by atoms with Crippen molar-refractivity contribution in [2.75, 3.05) is 50.8 Å². The summed E-state index contributed by atoms with van der Waals surface area (Å²) in [6.07, 6.45) is 1.95. The Bertz CT molecular complexity index is 1440. The second-order valence-corrected chi connectivity index (χ2v) is 10.3. The van der Waals surface area contributed by atoms with E-state index in [1.165, 1.54) is 16.5 Å². The highest BCUT2D eigenvalue weighted by molar-refractivity contribution is 5.93. The summed E-state index contributed by atoms with van der Waals surface area (Å²) in [5.41, 5.74) is 8.92. The molecular weight excluding hydrogens is 476 g/mol. The fourth-order valence-corrected chi connectivity index (χ4v) is 5.63. The fraction of sp³-hybridized carbons (Fsp3) is 0.367. The summed E-state index contributed by atoms with van der Waals surface area (Å²) in [5, 5.41) is 4.49. The van der Waals surface area contributed by atoms with Crippen LogP contribution in [-0.2, 0) is 9.53 Å². The molecule has 2 aliphatic rings. The number of ether oxygens (including phenoxy) is 1. The van der Waals surface area contributed by atoms with Gasteiger partial charge in [0.15, 0.2) is 0 Å². The van der Waals surface area contributed by atoms with Crippen molar-refractivity contribution >= 4 is 22.6 Å². The Hall–Kier alpha value is -3.75. The molecule has 8 heteroatoms. The third-order valence-electron chi connectivity index (χ3n) is 7.64. The average molecular weight is 511 g/mol. The van der Waals surface area contributed by atoms with Crippen molar-refractivity contribution in [2.24, 2.45) is 0 Å². The van der Waals surface area contributed by atoms with E-state index in [4.69, 9.17) is 9.72 Å². The lowest BCUT2D eigenvalue weighted by atomic mass is 10.0. The highest BCUT2D eigenvalue weighted by atomic mass is 16.5. The number of amides is 1. The number of carbonyl (C=O) groups is 1. The molecule has 8 nitrogen and oxygen atoms in total. The highest BCUT2D eigenvalue weighted by Gasteiger charge is 2.29. The molecule has 1 aromatic carbocycles. The summed E-state index contributed by atoms with van der Waals surface area (Å²) in [4.78, 5) is 29.9. The number of rotatable bonds is 4. The zero-order valence-electron chi connectivity index (χ0n) is 22.3. The van der Waals surface area contributed by atoms with Gasteiger partial charge in [0.1, 0.15) is 11.9 Å². The van der Waals surface area contributed by atoms with Crippen molar-refractivity contribution in [3.8, 4) is 22.4 Å². The van der Waals surface area contributed by atoms with Crippen LogP contribution in [0, 0.1) is 20.8 Å². The first-order valence-corrected chi connectivity index (χ1v) is 13.4. The van der Waals surface area contributed by atoms with Crippen LogP contribution in [0.3, 0.4) is 0 Å². The molecule has 0 unspecified atom stereocenters. The van der Waals surface area contributed by atoms with Crippen LogP contribution in [0.5, 0.6) is 0 Å². The van der Waals surface area contributed by atoms with Gasteiger partial charge in [0.2, 0.25) is 5.91 Å². The van der Waals surface area contributed by atoms with Gasteiger partial charge in [0, 0.05) is 78.0 Å². The number of aryl methyl sites for hydroxylation is 3. The van der Waals surface area contributed by atoms with Crippen molar-refractivity contribution in [1.29, 1.82) is 0 Å². The van der Waals surface area contributed by atoms with Gasteiger partial charge in [-0.15, -0.1) is 0 Å². The van der Waals surface area contributed by atoms with Gasteiger partial charge in [-0.3, -0.25) is 9.78 Å². The lowest BCUT2D eigenvalue weighted by Crippen LogP contribution is -2.57. The lowest BCUT2D eigenvalue weighted by molar-refractivity contribution is -0.136. The van der Waals surface area contributed by atoms with E-state index in [0.29, 0.717) is 26.3 Å². The van der Waals surface area contributed by atoms with Gasteiger partial charge in [-0.2, -0.15) is 0 Å². The van der Waals surface area contributed by atoms with Crippen LogP contribution in [0.25, 0.3) is 33.3 Å². The number of fused-ring (bicyclic) bond motifs is 1. The van der Waals surface area contributed by atoms with E-state index in [-0.39, 0.29) is 11.9 Å². The Morgan fingerprint density at radius 1 is 0.947 bits per heavy atom. The second-order valence-electron chi connectivity index (χ2n) is 10.3. The minimum atomic E-state index is -0.220. The number of carbonyl (C=O) groups excluding carboxylic acids is 1. The number of nitrogens with one attached hydrogen (secondary N) is 2. The SMILES string of the molecule is Cc1cc(-c2[nH]c3cc(-c4ccc(N5CCN(C(=O)[C@H]6COCCN6)CC5)nc4)ccc3c2C)cc(C)n1. The van der Waals surface area contributed by atoms with Gasteiger partial charge in [-0.1, -0.05) is 12.1 Å². The summed E-state index contributed by atoms with van der Waals surface area (Å²) in [6.45, 7) is 11.0. The van der Waals surface area contributed by atoms with Crippen molar-refractivity contribution in [3.63, 3.8) is 0 Å². The molecule has 196 valence electrons. The molecule has 5 heterocycles. The van der Waals surface area contributed by atoms with Gasteiger partial charge in [0.05, 0.1) is 13.2 Å². The van der Waals surface area contributed by atoms with E-state index >= 15 is 0 Å². The number of pyridine rings is 2. The summed E-state index contributed by atoms with van der Waals surface area (Å²) < 4.78 is 5.46. The smallest absolute Gasteiger partial charge is 0.242 e. The quantitative estimate of drug-likeness (QED) is 0.434. The number of benzene rings is 1. The van der Waals surface area contributed by atoms with Crippen LogP contribution in [0.15, 0.2) is 48.7 Å². The van der Waals surface area contributed by atoms with Gasteiger partial charge in [-0.25, -0.2) is 4.98 Å². The van der Waals surface area contributed by atoms with Crippen LogP contribution >= 0.6 is 0 Å².